The number of rotatable bonds is 6. The second kappa shape index (κ2) is 9.13. The Labute approximate surface area is 161 Å². The van der Waals surface area contributed by atoms with Crippen LogP contribution >= 0.6 is 35.0 Å². The van der Waals surface area contributed by atoms with E-state index in [1.54, 1.807) is 25.1 Å². The fraction of sp³-hybridized carbons (Fsp3) is 0.222. The molecule has 0 saturated carbocycles. The number of halogens is 2. The lowest BCUT2D eigenvalue weighted by Gasteiger charge is -2.13. The van der Waals surface area contributed by atoms with E-state index in [4.69, 9.17) is 23.2 Å². The minimum Gasteiger partial charge on any atom is -0.325 e. The zero-order valence-electron chi connectivity index (χ0n) is 13.8. The van der Waals surface area contributed by atoms with Crippen LogP contribution in [-0.2, 0) is 9.59 Å². The van der Waals surface area contributed by atoms with E-state index in [1.807, 2.05) is 31.2 Å². The molecule has 2 aromatic rings. The lowest BCUT2D eigenvalue weighted by molar-refractivity contribution is -0.115. The molecule has 0 spiro atoms. The van der Waals surface area contributed by atoms with Gasteiger partial charge in [-0.05, 0) is 44.2 Å². The van der Waals surface area contributed by atoms with Crippen LogP contribution in [0.1, 0.15) is 12.5 Å². The Balaban J connectivity index is 1.82. The summed E-state index contributed by atoms with van der Waals surface area (Å²) in [6.07, 6.45) is 0. The number of carbonyl (C=O) groups excluding carboxylic acids is 2. The van der Waals surface area contributed by atoms with Crippen LogP contribution < -0.4 is 10.6 Å². The van der Waals surface area contributed by atoms with Gasteiger partial charge in [0, 0.05) is 10.7 Å². The summed E-state index contributed by atoms with van der Waals surface area (Å²) in [6.45, 7) is 3.72. The first-order chi connectivity index (χ1) is 11.8. The predicted molar refractivity (Wildman–Crippen MR) is 107 cm³/mol. The summed E-state index contributed by atoms with van der Waals surface area (Å²) in [5.41, 5.74) is 2.35. The first-order valence-electron chi connectivity index (χ1n) is 7.59. The van der Waals surface area contributed by atoms with Crippen LogP contribution in [0.15, 0.2) is 42.5 Å². The van der Waals surface area contributed by atoms with Crippen molar-refractivity contribution in [1.82, 2.24) is 0 Å². The number of amides is 2. The van der Waals surface area contributed by atoms with Gasteiger partial charge >= 0.3 is 0 Å². The summed E-state index contributed by atoms with van der Waals surface area (Å²) in [5.74, 6) is -0.202. The molecule has 0 aliphatic heterocycles. The molecule has 2 rings (SSSR count). The Morgan fingerprint density at radius 2 is 1.76 bits per heavy atom. The van der Waals surface area contributed by atoms with Crippen molar-refractivity contribution < 1.29 is 9.59 Å². The summed E-state index contributed by atoms with van der Waals surface area (Å²) >= 11 is 13.1. The molecule has 0 aliphatic carbocycles. The fourth-order valence-corrected chi connectivity index (χ4v) is 3.08. The third-order valence-corrected chi connectivity index (χ3v) is 5.05. The average molecular weight is 397 g/mol. The van der Waals surface area contributed by atoms with Crippen LogP contribution in [0.3, 0.4) is 0 Å². The van der Waals surface area contributed by atoms with E-state index < -0.39 is 5.25 Å². The lowest BCUT2D eigenvalue weighted by atomic mass is 10.2. The molecule has 132 valence electrons. The highest BCUT2D eigenvalue weighted by Gasteiger charge is 2.16. The lowest BCUT2D eigenvalue weighted by Crippen LogP contribution is -2.25. The van der Waals surface area contributed by atoms with E-state index in [0.29, 0.717) is 15.7 Å². The van der Waals surface area contributed by atoms with E-state index >= 15 is 0 Å². The number of thioether (sulfide) groups is 1. The number of hydrogen-bond acceptors (Lipinski definition) is 3. The van der Waals surface area contributed by atoms with Crippen molar-refractivity contribution in [2.45, 2.75) is 19.1 Å². The minimum absolute atomic E-state index is 0.155. The van der Waals surface area contributed by atoms with E-state index in [9.17, 15) is 9.59 Å². The Bertz CT molecular complexity index is 766. The second-order valence-corrected chi connectivity index (χ2v) is 7.65. The van der Waals surface area contributed by atoms with Gasteiger partial charge < -0.3 is 10.6 Å². The van der Waals surface area contributed by atoms with Gasteiger partial charge in [-0.3, -0.25) is 9.59 Å². The summed E-state index contributed by atoms with van der Waals surface area (Å²) in [5, 5.41) is 6.00. The van der Waals surface area contributed by atoms with Gasteiger partial charge in [0.05, 0.1) is 21.7 Å². The molecular weight excluding hydrogens is 379 g/mol. The Morgan fingerprint density at radius 1 is 1.08 bits per heavy atom. The van der Waals surface area contributed by atoms with Crippen LogP contribution in [0.5, 0.6) is 0 Å². The maximum absolute atomic E-state index is 12.2. The van der Waals surface area contributed by atoms with E-state index in [2.05, 4.69) is 10.6 Å². The van der Waals surface area contributed by atoms with Crippen molar-refractivity contribution in [3.05, 3.63) is 58.1 Å². The monoisotopic (exact) mass is 396 g/mol. The largest absolute Gasteiger partial charge is 0.325 e. The number of nitrogens with one attached hydrogen (secondary N) is 2. The zero-order valence-corrected chi connectivity index (χ0v) is 16.1. The van der Waals surface area contributed by atoms with E-state index in [1.165, 1.54) is 11.8 Å². The molecule has 0 fully saturated rings. The van der Waals surface area contributed by atoms with Crippen molar-refractivity contribution in [3.63, 3.8) is 0 Å². The number of hydrogen-bond donors (Lipinski definition) is 2. The van der Waals surface area contributed by atoms with Crippen molar-refractivity contribution in [3.8, 4) is 0 Å². The summed E-state index contributed by atoms with van der Waals surface area (Å²) in [4.78, 5) is 24.2. The van der Waals surface area contributed by atoms with Crippen molar-refractivity contribution in [2.24, 2.45) is 0 Å². The average Bonchev–Trinajstić information content (AvgIpc) is 2.57. The van der Waals surface area contributed by atoms with E-state index in [-0.39, 0.29) is 17.6 Å². The van der Waals surface area contributed by atoms with Gasteiger partial charge in [-0.25, -0.2) is 0 Å². The number of carbonyl (C=O) groups is 2. The van der Waals surface area contributed by atoms with Crippen LogP contribution in [0.2, 0.25) is 10.0 Å². The van der Waals surface area contributed by atoms with Crippen LogP contribution in [0.25, 0.3) is 0 Å². The first kappa shape index (κ1) is 19.6. The molecule has 2 amide bonds. The third kappa shape index (κ3) is 6.27. The van der Waals surface area contributed by atoms with E-state index in [0.717, 1.165) is 11.3 Å². The summed E-state index contributed by atoms with van der Waals surface area (Å²) in [7, 11) is 0. The molecule has 2 N–H and O–H groups in total. The maximum atomic E-state index is 12.2. The molecule has 0 saturated heterocycles. The Hall–Kier alpha value is -1.69. The molecule has 0 aromatic heterocycles. The van der Waals surface area contributed by atoms with Crippen molar-refractivity contribution in [2.75, 3.05) is 16.4 Å². The predicted octanol–water partition coefficient (Wildman–Crippen LogP) is 5.00. The molecule has 2 aromatic carbocycles. The molecule has 0 bridgehead atoms. The molecule has 1 atom stereocenters. The first-order valence-corrected chi connectivity index (χ1v) is 9.39. The highest BCUT2D eigenvalue weighted by molar-refractivity contribution is 8.01. The maximum Gasteiger partial charge on any atom is 0.237 e. The molecule has 0 radical (unpaired) electrons. The summed E-state index contributed by atoms with van der Waals surface area (Å²) < 4.78 is 0. The highest BCUT2D eigenvalue weighted by Crippen LogP contribution is 2.26. The standard InChI is InChI=1S/C18H18Cl2N2O2S/c1-11-3-6-14(7-4-11)21-17(23)10-25-12(2)18(24)22-16-8-5-13(19)9-15(16)20/h3-9,12H,10H2,1-2H3,(H,21,23)(H,22,24). The molecule has 1 unspecified atom stereocenters. The molecule has 7 heteroatoms. The zero-order chi connectivity index (χ0) is 18.4. The number of aryl methyl sites for hydroxylation is 1. The Morgan fingerprint density at radius 3 is 2.40 bits per heavy atom. The van der Waals surface area contributed by atoms with Gasteiger partial charge in [0.2, 0.25) is 11.8 Å². The normalized spacial score (nSPS) is 11.7. The van der Waals surface area contributed by atoms with Gasteiger partial charge in [0.1, 0.15) is 0 Å². The summed E-state index contributed by atoms with van der Waals surface area (Å²) in [6, 6.07) is 12.4. The number of benzene rings is 2. The Kier molecular flexibility index (Phi) is 7.17. The highest BCUT2D eigenvalue weighted by atomic mass is 35.5. The molecule has 0 heterocycles. The quantitative estimate of drug-likeness (QED) is 0.721. The number of anilines is 2. The van der Waals surface area contributed by atoms with Crippen molar-refractivity contribution in [1.29, 1.82) is 0 Å². The van der Waals surface area contributed by atoms with Gasteiger partial charge in [-0.15, -0.1) is 11.8 Å². The van der Waals surface area contributed by atoms with Gasteiger partial charge in [-0.1, -0.05) is 40.9 Å². The van der Waals surface area contributed by atoms with Crippen molar-refractivity contribution >= 4 is 58.2 Å². The second-order valence-electron chi connectivity index (χ2n) is 5.48. The van der Waals surface area contributed by atoms with Crippen LogP contribution in [-0.4, -0.2) is 22.8 Å². The van der Waals surface area contributed by atoms with Gasteiger partial charge in [-0.2, -0.15) is 0 Å². The van der Waals surface area contributed by atoms with Gasteiger partial charge in [0.25, 0.3) is 0 Å². The smallest absolute Gasteiger partial charge is 0.237 e. The SMILES string of the molecule is Cc1ccc(NC(=O)CSC(C)C(=O)Nc2ccc(Cl)cc2Cl)cc1. The third-order valence-electron chi connectivity index (χ3n) is 3.36. The molecule has 25 heavy (non-hydrogen) atoms. The molecular formula is C18H18Cl2N2O2S. The minimum atomic E-state index is -0.407. The fourth-order valence-electron chi connectivity index (χ4n) is 1.94. The van der Waals surface area contributed by atoms with Gasteiger partial charge in [0.15, 0.2) is 0 Å². The molecule has 0 aliphatic rings. The van der Waals surface area contributed by atoms with Crippen LogP contribution in [0, 0.1) is 6.92 Å². The molecule has 4 nitrogen and oxygen atoms in total. The van der Waals surface area contributed by atoms with Crippen LogP contribution in [0.4, 0.5) is 11.4 Å². The topological polar surface area (TPSA) is 58.2 Å².